The number of hydrogen-bond donors (Lipinski definition) is 0. The molecule has 0 radical (unpaired) electrons. The van der Waals surface area contributed by atoms with E-state index >= 15 is 0 Å². The molecule has 0 spiro atoms. The molecule has 1 aliphatic rings. The molecule has 0 saturated heterocycles. The second-order valence-electron chi connectivity index (χ2n) is 4.19. The molecular formula is C14H14O2S. The third-order valence-electron chi connectivity index (χ3n) is 2.95. The number of hydrogen-bond acceptors (Lipinski definition) is 3. The molecule has 2 rings (SSSR count). The van der Waals surface area contributed by atoms with Gasteiger partial charge in [0, 0.05) is 0 Å². The first-order chi connectivity index (χ1) is 8.11. The van der Waals surface area contributed by atoms with Crippen molar-refractivity contribution >= 4 is 29.4 Å². The molecule has 1 aliphatic heterocycles. The Hall–Kier alpha value is -1.35. The molecule has 0 amide bonds. The average Bonchev–Trinajstić information content (AvgIpc) is 2.28. The van der Waals surface area contributed by atoms with Gasteiger partial charge < -0.3 is 0 Å². The fourth-order valence-electron chi connectivity index (χ4n) is 2.16. The molecule has 1 aromatic carbocycles. The maximum absolute atomic E-state index is 11.6. The molecule has 1 unspecified atom stereocenters. The van der Waals surface area contributed by atoms with Crippen molar-refractivity contribution in [2.75, 3.05) is 0 Å². The minimum atomic E-state index is -0.536. The lowest BCUT2D eigenvalue weighted by molar-refractivity contribution is -0.130. The number of ketones is 2. The zero-order valence-corrected chi connectivity index (χ0v) is 10.7. The van der Waals surface area contributed by atoms with Crippen LogP contribution in [0.15, 0.2) is 29.7 Å². The van der Waals surface area contributed by atoms with Crippen LogP contribution < -0.4 is 0 Å². The summed E-state index contributed by atoms with van der Waals surface area (Å²) in [6.45, 7) is 2.99. The van der Waals surface area contributed by atoms with Gasteiger partial charge in [-0.15, -0.1) is 11.8 Å². The van der Waals surface area contributed by atoms with Gasteiger partial charge in [-0.2, -0.15) is 0 Å². The zero-order chi connectivity index (χ0) is 12.4. The molecule has 1 atom stereocenters. The van der Waals surface area contributed by atoms with Crippen LogP contribution in [-0.4, -0.2) is 11.6 Å². The van der Waals surface area contributed by atoms with Gasteiger partial charge in [0.1, 0.15) is 11.6 Å². The van der Waals surface area contributed by atoms with Crippen molar-refractivity contribution in [1.82, 2.24) is 0 Å². The van der Waals surface area contributed by atoms with Crippen LogP contribution in [0.4, 0.5) is 0 Å². The minimum Gasteiger partial charge on any atom is -0.299 e. The van der Waals surface area contributed by atoms with E-state index in [1.54, 1.807) is 11.8 Å². The molecule has 88 valence electrons. The van der Waals surface area contributed by atoms with E-state index in [2.05, 4.69) is 0 Å². The van der Waals surface area contributed by atoms with Gasteiger partial charge >= 0.3 is 0 Å². The Balaban J connectivity index is 2.44. The van der Waals surface area contributed by atoms with Gasteiger partial charge in [-0.3, -0.25) is 9.59 Å². The van der Waals surface area contributed by atoms with Gasteiger partial charge in [0.2, 0.25) is 0 Å². The Labute approximate surface area is 105 Å². The summed E-state index contributed by atoms with van der Waals surface area (Å²) >= 11 is 1.55. The Morgan fingerprint density at radius 2 is 1.82 bits per heavy atom. The Morgan fingerprint density at radius 3 is 2.47 bits per heavy atom. The summed E-state index contributed by atoms with van der Waals surface area (Å²) < 4.78 is 0. The minimum absolute atomic E-state index is 0.0555. The normalized spacial score (nSPS) is 17.9. The molecule has 2 nitrogen and oxygen atoms in total. The third-order valence-corrected chi connectivity index (χ3v) is 4.07. The summed E-state index contributed by atoms with van der Waals surface area (Å²) in [6, 6.07) is 7.92. The maximum atomic E-state index is 11.6. The number of rotatable bonds is 3. The van der Waals surface area contributed by atoms with E-state index in [4.69, 9.17) is 0 Å². The number of thioether (sulfide) groups is 1. The second kappa shape index (κ2) is 4.88. The van der Waals surface area contributed by atoms with E-state index in [1.165, 1.54) is 13.8 Å². The number of Topliss-reactive ketones (excluding diaryl/α,β-unsaturated/α-hetero) is 2. The van der Waals surface area contributed by atoms with Crippen LogP contribution >= 0.6 is 11.8 Å². The summed E-state index contributed by atoms with van der Waals surface area (Å²) in [4.78, 5) is 23.3. The molecule has 0 N–H and O–H groups in total. The van der Waals surface area contributed by atoms with Crippen LogP contribution in [0, 0.1) is 5.92 Å². The lowest BCUT2D eigenvalue weighted by atomic mass is 9.89. The van der Waals surface area contributed by atoms with Crippen molar-refractivity contribution in [1.29, 1.82) is 0 Å². The molecule has 0 saturated carbocycles. The molecule has 0 aromatic heterocycles. The first-order valence-electron chi connectivity index (χ1n) is 5.53. The average molecular weight is 246 g/mol. The summed E-state index contributed by atoms with van der Waals surface area (Å²) in [7, 11) is 0. The van der Waals surface area contributed by atoms with Gasteiger partial charge in [0.15, 0.2) is 0 Å². The third kappa shape index (κ3) is 2.34. The van der Waals surface area contributed by atoms with Gasteiger partial charge in [0.05, 0.1) is 11.2 Å². The molecule has 1 heterocycles. The topological polar surface area (TPSA) is 34.1 Å². The number of fused-ring (bicyclic) bond motifs is 1. The van der Waals surface area contributed by atoms with Crippen LogP contribution in [0.3, 0.4) is 0 Å². The van der Waals surface area contributed by atoms with Gasteiger partial charge in [0.25, 0.3) is 0 Å². The van der Waals surface area contributed by atoms with Gasteiger partial charge in [-0.1, -0.05) is 24.3 Å². The van der Waals surface area contributed by atoms with Crippen LogP contribution in [-0.2, 0) is 9.59 Å². The highest BCUT2D eigenvalue weighted by molar-refractivity contribution is 8.02. The van der Waals surface area contributed by atoms with Crippen molar-refractivity contribution < 1.29 is 9.59 Å². The van der Waals surface area contributed by atoms with E-state index in [0.29, 0.717) is 0 Å². The number of carbonyl (C=O) groups is 2. The van der Waals surface area contributed by atoms with E-state index in [-0.39, 0.29) is 16.8 Å². The summed E-state index contributed by atoms with van der Waals surface area (Å²) in [5, 5.41) is 1.89. The van der Waals surface area contributed by atoms with Gasteiger partial charge in [-0.25, -0.2) is 0 Å². The second-order valence-corrected chi connectivity index (χ2v) is 5.24. The molecule has 3 heteroatoms. The molecule has 0 bridgehead atoms. The molecule has 0 fully saturated rings. The highest BCUT2D eigenvalue weighted by Gasteiger charge is 2.33. The SMILES string of the molecule is CC(=O)C(C(C)=O)C1SC=Cc2ccccc21. The van der Waals surface area contributed by atoms with Crippen molar-refractivity contribution in [3.8, 4) is 0 Å². The monoisotopic (exact) mass is 246 g/mol. The number of benzene rings is 1. The summed E-state index contributed by atoms with van der Waals surface area (Å²) in [6.07, 6.45) is 2.02. The molecule has 1 aromatic rings. The van der Waals surface area contributed by atoms with Gasteiger partial charge in [-0.05, 0) is 36.5 Å². The van der Waals surface area contributed by atoms with E-state index in [1.807, 2.05) is 35.7 Å². The van der Waals surface area contributed by atoms with E-state index < -0.39 is 5.92 Å². The first-order valence-corrected chi connectivity index (χ1v) is 6.47. The standard InChI is InChI=1S/C14H14O2S/c1-9(15)13(10(2)16)14-12-6-4-3-5-11(12)7-8-17-14/h3-8,13-14H,1-2H3. The van der Waals surface area contributed by atoms with Crippen molar-refractivity contribution in [2.24, 2.45) is 5.92 Å². The zero-order valence-electron chi connectivity index (χ0n) is 9.84. The largest absolute Gasteiger partial charge is 0.299 e. The fourth-order valence-corrected chi connectivity index (χ4v) is 3.46. The lowest BCUT2D eigenvalue weighted by Crippen LogP contribution is -2.26. The van der Waals surface area contributed by atoms with Crippen LogP contribution in [0.5, 0.6) is 0 Å². The van der Waals surface area contributed by atoms with E-state index in [0.717, 1.165) is 11.1 Å². The first kappa shape index (κ1) is 12.1. The maximum Gasteiger partial charge on any atom is 0.141 e. The molecule has 17 heavy (non-hydrogen) atoms. The lowest BCUT2D eigenvalue weighted by Gasteiger charge is -2.26. The van der Waals surface area contributed by atoms with E-state index in [9.17, 15) is 9.59 Å². The van der Waals surface area contributed by atoms with Crippen molar-refractivity contribution in [3.63, 3.8) is 0 Å². The highest BCUT2D eigenvalue weighted by Crippen LogP contribution is 2.43. The fraction of sp³-hybridized carbons (Fsp3) is 0.286. The quantitative estimate of drug-likeness (QED) is 0.768. The molecular weight excluding hydrogens is 232 g/mol. The van der Waals surface area contributed by atoms with Crippen LogP contribution in [0.1, 0.15) is 30.2 Å². The smallest absolute Gasteiger partial charge is 0.141 e. The Kier molecular flexibility index (Phi) is 3.48. The number of carbonyl (C=O) groups excluding carboxylic acids is 2. The van der Waals surface area contributed by atoms with Crippen molar-refractivity contribution in [2.45, 2.75) is 19.1 Å². The predicted octanol–water partition coefficient (Wildman–Crippen LogP) is 3.24. The summed E-state index contributed by atoms with van der Waals surface area (Å²) in [5.74, 6) is -0.647. The highest BCUT2D eigenvalue weighted by atomic mass is 32.2. The summed E-state index contributed by atoms with van der Waals surface area (Å²) in [5.41, 5.74) is 2.18. The molecule has 0 aliphatic carbocycles. The predicted molar refractivity (Wildman–Crippen MR) is 70.7 cm³/mol. The van der Waals surface area contributed by atoms with Crippen LogP contribution in [0.2, 0.25) is 0 Å². The van der Waals surface area contributed by atoms with Crippen LogP contribution in [0.25, 0.3) is 6.08 Å². The Bertz CT molecular complexity index is 477. The Morgan fingerprint density at radius 1 is 1.18 bits per heavy atom. The van der Waals surface area contributed by atoms with Crippen molar-refractivity contribution in [3.05, 3.63) is 40.8 Å².